The fourth-order valence-electron chi connectivity index (χ4n) is 1.66. The number of nitrogens with zero attached hydrogens (tertiary/aromatic N) is 2. The van der Waals surface area contributed by atoms with Crippen molar-refractivity contribution in [2.24, 2.45) is 10.7 Å². The zero-order chi connectivity index (χ0) is 12.1. The molecule has 0 unspecified atom stereocenters. The summed E-state index contributed by atoms with van der Waals surface area (Å²) in [6, 6.07) is 4.29. The molecule has 6 heteroatoms. The van der Waals surface area contributed by atoms with Crippen molar-refractivity contribution in [1.29, 1.82) is 0 Å². The van der Waals surface area contributed by atoms with Crippen molar-refractivity contribution >= 4 is 39.9 Å². The first-order chi connectivity index (χ1) is 8.25. The number of morpholine rings is 1. The summed E-state index contributed by atoms with van der Waals surface area (Å²) in [4.78, 5) is 7.87. The van der Waals surface area contributed by atoms with Gasteiger partial charge in [0.1, 0.15) is 0 Å². The summed E-state index contributed by atoms with van der Waals surface area (Å²) in [5.74, 6) is 0.652. The third kappa shape index (κ3) is 4.11. The number of hydrogen-bond donors (Lipinski definition) is 1. The molecule has 4 nitrogen and oxygen atoms in total. The van der Waals surface area contributed by atoms with Crippen LogP contribution in [0.3, 0.4) is 0 Å². The molecule has 0 aromatic carbocycles. The molecule has 0 bridgehead atoms. The number of ether oxygens (including phenoxy) is 1. The van der Waals surface area contributed by atoms with Gasteiger partial charge >= 0.3 is 0 Å². The van der Waals surface area contributed by atoms with Gasteiger partial charge in [-0.3, -0.25) is 4.99 Å². The van der Waals surface area contributed by atoms with E-state index in [-0.39, 0.29) is 0 Å². The van der Waals surface area contributed by atoms with Crippen molar-refractivity contribution in [3.8, 4) is 0 Å². The van der Waals surface area contributed by atoms with Crippen molar-refractivity contribution in [2.75, 3.05) is 32.8 Å². The lowest BCUT2D eigenvalue weighted by Crippen LogP contribution is -2.44. The smallest absolute Gasteiger partial charge is 0.191 e. The molecule has 1 fully saturated rings. The Morgan fingerprint density at radius 1 is 1.47 bits per heavy atom. The molecule has 94 valence electrons. The van der Waals surface area contributed by atoms with Gasteiger partial charge in [-0.05, 0) is 34.7 Å². The third-order valence-corrected chi connectivity index (χ3v) is 4.55. The quantitative estimate of drug-likeness (QED) is 0.502. The molecule has 1 aromatic rings. The molecule has 17 heavy (non-hydrogen) atoms. The van der Waals surface area contributed by atoms with Gasteiger partial charge in [0, 0.05) is 30.9 Å². The molecule has 1 saturated heterocycles. The molecular weight excluding hydrogens is 349 g/mol. The van der Waals surface area contributed by atoms with Gasteiger partial charge in [-0.25, -0.2) is 0 Å². The second-order valence-electron chi connectivity index (χ2n) is 3.80. The minimum atomic E-state index is 0.652. The van der Waals surface area contributed by atoms with E-state index in [1.54, 1.807) is 0 Å². The Kier molecular flexibility index (Phi) is 5.05. The van der Waals surface area contributed by atoms with Crippen LogP contribution in [0.4, 0.5) is 0 Å². The van der Waals surface area contributed by atoms with Crippen molar-refractivity contribution < 1.29 is 4.74 Å². The molecule has 0 saturated carbocycles. The fourth-order valence-corrected chi connectivity index (χ4v) is 3.40. The van der Waals surface area contributed by atoms with E-state index in [2.05, 4.69) is 44.6 Å². The minimum absolute atomic E-state index is 0.652. The molecule has 2 N–H and O–H groups in total. The number of nitrogens with two attached hydrogens (primary N) is 1. The van der Waals surface area contributed by atoms with Gasteiger partial charge in [-0.2, -0.15) is 0 Å². The van der Waals surface area contributed by atoms with Crippen LogP contribution >= 0.6 is 33.9 Å². The first-order valence-electron chi connectivity index (χ1n) is 5.62. The Balaban J connectivity index is 1.79. The summed E-state index contributed by atoms with van der Waals surface area (Å²) in [6.45, 7) is 3.97. The highest BCUT2D eigenvalue weighted by molar-refractivity contribution is 14.1. The minimum Gasteiger partial charge on any atom is -0.378 e. The average molecular weight is 365 g/mol. The lowest BCUT2D eigenvalue weighted by Gasteiger charge is -2.27. The van der Waals surface area contributed by atoms with E-state index >= 15 is 0 Å². The van der Waals surface area contributed by atoms with Crippen molar-refractivity contribution in [2.45, 2.75) is 6.42 Å². The number of thiophene rings is 1. The molecular formula is C11H16IN3OS. The third-order valence-electron chi connectivity index (χ3n) is 2.60. The Bertz CT molecular complexity index is 388. The maximum atomic E-state index is 5.94. The fraction of sp³-hybridized carbons (Fsp3) is 0.545. The summed E-state index contributed by atoms with van der Waals surface area (Å²) in [5.41, 5.74) is 5.94. The van der Waals surface area contributed by atoms with Crippen LogP contribution in [0.25, 0.3) is 0 Å². The molecule has 0 radical (unpaired) electrons. The van der Waals surface area contributed by atoms with Crippen LogP contribution < -0.4 is 5.73 Å². The van der Waals surface area contributed by atoms with Gasteiger partial charge in [-0.1, -0.05) is 0 Å². The Labute approximate surface area is 119 Å². The molecule has 2 heterocycles. The maximum absolute atomic E-state index is 5.94. The predicted molar refractivity (Wildman–Crippen MR) is 79.6 cm³/mol. The molecule has 2 rings (SSSR count). The van der Waals surface area contributed by atoms with Crippen LogP contribution in [0.1, 0.15) is 4.88 Å². The van der Waals surface area contributed by atoms with Crippen LogP contribution in [0, 0.1) is 2.88 Å². The van der Waals surface area contributed by atoms with Gasteiger partial charge in [0.2, 0.25) is 0 Å². The van der Waals surface area contributed by atoms with Crippen molar-refractivity contribution in [3.05, 3.63) is 19.9 Å². The van der Waals surface area contributed by atoms with Crippen LogP contribution in [-0.2, 0) is 11.2 Å². The van der Waals surface area contributed by atoms with Crippen molar-refractivity contribution in [1.82, 2.24) is 4.90 Å². The molecule has 1 aliphatic rings. The number of rotatable bonds is 3. The average Bonchev–Trinajstić information content (AvgIpc) is 2.76. The van der Waals surface area contributed by atoms with Gasteiger partial charge in [0.25, 0.3) is 0 Å². The summed E-state index contributed by atoms with van der Waals surface area (Å²) in [7, 11) is 0. The standard InChI is InChI=1S/C11H16IN3OS/c12-10-2-1-9(17-10)3-4-14-11(13)15-5-7-16-8-6-15/h1-2H,3-8H2,(H2,13,14). The lowest BCUT2D eigenvalue weighted by molar-refractivity contribution is 0.0674. The first-order valence-corrected chi connectivity index (χ1v) is 7.52. The van der Waals surface area contributed by atoms with Gasteiger partial charge in [0.15, 0.2) is 5.96 Å². The molecule has 0 spiro atoms. The largest absolute Gasteiger partial charge is 0.378 e. The SMILES string of the molecule is NC(=NCCc1ccc(I)s1)N1CCOCC1. The normalized spacial score (nSPS) is 17.5. The van der Waals surface area contributed by atoms with Gasteiger partial charge < -0.3 is 15.4 Å². The highest BCUT2D eigenvalue weighted by atomic mass is 127. The molecule has 0 atom stereocenters. The van der Waals surface area contributed by atoms with E-state index in [9.17, 15) is 0 Å². The van der Waals surface area contributed by atoms with Crippen molar-refractivity contribution in [3.63, 3.8) is 0 Å². The van der Waals surface area contributed by atoms with E-state index < -0.39 is 0 Å². The maximum Gasteiger partial charge on any atom is 0.191 e. The number of guanidine groups is 1. The van der Waals surface area contributed by atoms with E-state index in [4.69, 9.17) is 10.5 Å². The zero-order valence-electron chi connectivity index (χ0n) is 9.56. The second kappa shape index (κ2) is 6.55. The summed E-state index contributed by atoms with van der Waals surface area (Å²) in [5, 5.41) is 0. The van der Waals surface area contributed by atoms with E-state index in [0.717, 1.165) is 39.3 Å². The summed E-state index contributed by atoms with van der Waals surface area (Å²) < 4.78 is 6.60. The Morgan fingerprint density at radius 2 is 2.24 bits per heavy atom. The highest BCUT2D eigenvalue weighted by Gasteiger charge is 2.11. The van der Waals surface area contributed by atoms with Crippen LogP contribution in [0.2, 0.25) is 0 Å². The topological polar surface area (TPSA) is 50.8 Å². The van der Waals surface area contributed by atoms with E-state index in [1.807, 2.05) is 11.3 Å². The first kappa shape index (κ1) is 13.1. The van der Waals surface area contributed by atoms with E-state index in [0.29, 0.717) is 5.96 Å². The lowest BCUT2D eigenvalue weighted by atomic mass is 10.3. The monoisotopic (exact) mass is 365 g/mol. The molecule has 0 aliphatic carbocycles. The predicted octanol–water partition coefficient (Wildman–Crippen LogP) is 1.54. The number of hydrogen-bond acceptors (Lipinski definition) is 3. The summed E-state index contributed by atoms with van der Waals surface area (Å²) >= 11 is 4.15. The van der Waals surface area contributed by atoms with Crippen LogP contribution in [0.15, 0.2) is 17.1 Å². The highest BCUT2D eigenvalue weighted by Crippen LogP contribution is 2.18. The number of halogens is 1. The van der Waals surface area contributed by atoms with Crippen LogP contribution in [0.5, 0.6) is 0 Å². The van der Waals surface area contributed by atoms with E-state index in [1.165, 1.54) is 7.76 Å². The van der Waals surface area contributed by atoms with Gasteiger partial charge in [0.05, 0.1) is 16.1 Å². The van der Waals surface area contributed by atoms with Gasteiger partial charge in [-0.15, -0.1) is 11.3 Å². The number of aliphatic imine (C=N–C) groups is 1. The molecule has 1 aromatic heterocycles. The molecule has 0 amide bonds. The van der Waals surface area contributed by atoms with Crippen LogP contribution in [-0.4, -0.2) is 43.7 Å². The molecule has 1 aliphatic heterocycles. The Hall–Kier alpha value is -0.340. The second-order valence-corrected chi connectivity index (χ2v) is 6.86. The zero-order valence-corrected chi connectivity index (χ0v) is 12.5. The summed E-state index contributed by atoms with van der Waals surface area (Å²) in [6.07, 6.45) is 0.971. The Morgan fingerprint density at radius 3 is 2.88 bits per heavy atom.